The Kier molecular flexibility index (Phi) is 3.74. The number of aromatic nitrogens is 3. The van der Waals surface area contributed by atoms with Crippen molar-refractivity contribution in [3.05, 3.63) is 53.3 Å². The van der Waals surface area contributed by atoms with Crippen LogP contribution in [0.4, 0.5) is 0 Å². The molecule has 0 saturated heterocycles. The number of rotatable bonds is 4. The van der Waals surface area contributed by atoms with Gasteiger partial charge in [0.1, 0.15) is 5.75 Å². The lowest BCUT2D eigenvalue weighted by Gasteiger charge is -2.08. The zero-order valence-electron chi connectivity index (χ0n) is 12.4. The summed E-state index contributed by atoms with van der Waals surface area (Å²) in [6.07, 6.45) is 1.69. The molecule has 6 heteroatoms. The summed E-state index contributed by atoms with van der Waals surface area (Å²) in [6, 6.07) is 9.11. The van der Waals surface area contributed by atoms with Crippen LogP contribution in [0, 0.1) is 6.92 Å². The number of hydrogen-bond donors (Lipinski definition) is 2. The summed E-state index contributed by atoms with van der Waals surface area (Å²) in [5, 5.41) is 10.8. The molecule has 0 fully saturated rings. The Labute approximate surface area is 127 Å². The maximum Gasteiger partial charge on any atom is 0.251 e. The van der Waals surface area contributed by atoms with E-state index in [0.29, 0.717) is 17.8 Å². The Bertz CT molecular complexity index is 826. The summed E-state index contributed by atoms with van der Waals surface area (Å²) in [7, 11) is 1.61. The second-order valence-corrected chi connectivity index (χ2v) is 4.94. The average Bonchev–Trinajstić information content (AvgIpc) is 2.95. The number of aryl methyl sites for hydroxylation is 1. The molecule has 3 rings (SSSR count). The van der Waals surface area contributed by atoms with Gasteiger partial charge >= 0.3 is 0 Å². The van der Waals surface area contributed by atoms with Gasteiger partial charge in [-0.2, -0.15) is 5.10 Å². The highest BCUT2D eigenvalue weighted by Gasteiger charge is 2.10. The maximum absolute atomic E-state index is 12.2. The van der Waals surface area contributed by atoms with E-state index < -0.39 is 0 Å². The van der Waals surface area contributed by atoms with Crippen molar-refractivity contribution in [1.29, 1.82) is 0 Å². The number of methoxy groups -OCH3 is 1. The first-order valence-electron chi connectivity index (χ1n) is 6.90. The molecule has 0 atom stereocenters. The average molecular weight is 296 g/mol. The molecule has 0 aliphatic rings. The third kappa shape index (κ3) is 2.63. The Hall–Kier alpha value is -2.89. The monoisotopic (exact) mass is 296 g/mol. The summed E-state index contributed by atoms with van der Waals surface area (Å²) in [5.41, 5.74) is 3.00. The zero-order valence-corrected chi connectivity index (χ0v) is 12.4. The third-order valence-corrected chi connectivity index (χ3v) is 3.49. The van der Waals surface area contributed by atoms with Crippen molar-refractivity contribution in [3.8, 4) is 5.75 Å². The predicted octanol–water partition coefficient (Wildman–Crippen LogP) is 2.20. The van der Waals surface area contributed by atoms with Gasteiger partial charge in [0.05, 0.1) is 19.3 Å². The number of nitrogens with one attached hydrogen (secondary N) is 2. The quantitative estimate of drug-likeness (QED) is 0.773. The van der Waals surface area contributed by atoms with Gasteiger partial charge in [-0.1, -0.05) is 0 Å². The van der Waals surface area contributed by atoms with Crippen LogP contribution < -0.4 is 10.1 Å². The molecule has 0 aliphatic heterocycles. The molecule has 1 aromatic carbocycles. The molecular weight excluding hydrogens is 280 g/mol. The van der Waals surface area contributed by atoms with Crippen molar-refractivity contribution in [2.75, 3.05) is 7.11 Å². The number of aromatic amines is 1. The first-order valence-corrected chi connectivity index (χ1v) is 6.90. The summed E-state index contributed by atoms with van der Waals surface area (Å²) < 4.78 is 5.19. The normalized spacial score (nSPS) is 10.6. The van der Waals surface area contributed by atoms with Gasteiger partial charge in [0.25, 0.3) is 5.91 Å². The molecule has 112 valence electrons. The molecule has 22 heavy (non-hydrogen) atoms. The summed E-state index contributed by atoms with van der Waals surface area (Å²) >= 11 is 0. The van der Waals surface area contributed by atoms with Gasteiger partial charge in [-0.05, 0) is 42.8 Å². The van der Waals surface area contributed by atoms with Crippen molar-refractivity contribution in [1.82, 2.24) is 20.5 Å². The first kappa shape index (κ1) is 14.1. The molecule has 2 N–H and O–H groups in total. The van der Waals surface area contributed by atoms with Crippen molar-refractivity contribution in [2.24, 2.45) is 0 Å². The molecule has 0 aliphatic carbocycles. The van der Waals surface area contributed by atoms with Crippen LogP contribution in [-0.2, 0) is 6.54 Å². The number of fused-ring (bicyclic) bond motifs is 1. The van der Waals surface area contributed by atoms with E-state index >= 15 is 0 Å². The van der Waals surface area contributed by atoms with E-state index in [4.69, 9.17) is 4.74 Å². The molecule has 2 heterocycles. The molecule has 0 radical (unpaired) electrons. The molecule has 6 nitrogen and oxygen atoms in total. The number of ether oxygens (including phenoxy) is 1. The highest BCUT2D eigenvalue weighted by atomic mass is 16.5. The van der Waals surface area contributed by atoms with E-state index in [1.807, 2.05) is 19.1 Å². The van der Waals surface area contributed by atoms with Gasteiger partial charge in [0, 0.05) is 17.1 Å². The van der Waals surface area contributed by atoms with Crippen molar-refractivity contribution in [2.45, 2.75) is 13.5 Å². The summed E-state index contributed by atoms with van der Waals surface area (Å²) in [6.45, 7) is 2.27. The van der Waals surface area contributed by atoms with E-state index in [1.54, 1.807) is 31.5 Å². The molecule has 1 amide bonds. The fourth-order valence-electron chi connectivity index (χ4n) is 2.33. The predicted molar refractivity (Wildman–Crippen MR) is 82.8 cm³/mol. The Morgan fingerprint density at radius 2 is 2.23 bits per heavy atom. The second kappa shape index (κ2) is 5.85. The van der Waals surface area contributed by atoms with Crippen molar-refractivity contribution >= 4 is 16.9 Å². The molecule has 0 unspecified atom stereocenters. The molecule has 3 aromatic rings. The number of carbonyl (C=O) groups is 1. The van der Waals surface area contributed by atoms with Crippen LogP contribution in [0.15, 0.2) is 36.5 Å². The number of H-pyrrole nitrogens is 1. The standard InChI is InChI=1S/C16H16N4O2/c1-10-8-11(5-6-14(10)22-2)16(21)18-9-13-12-4-3-7-17-15(12)20-19-13/h3-8H,9H2,1-2H3,(H,18,21)(H,17,19,20). The highest BCUT2D eigenvalue weighted by molar-refractivity contribution is 5.94. The van der Waals surface area contributed by atoms with Crippen molar-refractivity contribution in [3.63, 3.8) is 0 Å². The number of nitrogens with zero attached hydrogens (tertiary/aromatic N) is 2. The topological polar surface area (TPSA) is 79.9 Å². The van der Waals surface area contributed by atoms with Gasteiger partial charge in [-0.25, -0.2) is 4.98 Å². The third-order valence-electron chi connectivity index (χ3n) is 3.49. The van der Waals surface area contributed by atoms with Crippen LogP contribution in [0.3, 0.4) is 0 Å². The van der Waals surface area contributed by atoms with Crippen LogP contribution in [0.25, 0.3) is 11.0 Å². The van der Waals surface area contributed by atoms with Crippen LogP contribution in [-0.4, -0.2) is 28.2 Å². The molecule has 2 aromatic heterocycles. The second-order valence-electron chi connectivity index (χ2n) is 4.94. The fourth-order valence-corrected chi connectivity index (χ4v) is 2.33. The fraction of sp³-hybridized carbons (Fsp3) is 0.188. The molecule has 0 spiro atoms. The summed E-state index contributed by atoms with van der Waals surface area (Å²) in [4.78, 5) is 16.4. The van der Waals surface area contributed by atoms with Crippen LogP contribution in [0.5, 0.6) is 5.75 Å². The SMILES string of the molecule is COc1ccc(C(=O)NCc2[nH]nc3ncccc23)cc1C. The summed E-state index contributed by atoms with van der Waals surface area (Å²) in [5.74, 6) is 0.625. The number of pyridine rings is 1. The van der Waals surface area contributed by atoms with E-state index in [1.165, 1.54) is 0 Å². The lowest BCUT2D eigenvalue weighted by molar-refractivity contribution is 0.0950. The molecular formula is C16H16N4O2. The minimum absolute atomic E-state index is 0.141. The van der Waals surface area contributed by atoms with E-state index in [9.17, 15) is 4.79 Å². The Balaban J connectivity index is 1.73. The Morgan fingerprint density at radius 3 is 3.00 bits per heavy atom. The lowest BCUT2D eigenvalue weighted by Crippen LogP contribution is -2.23. The minimum Gasteiger partial charge on any atom is -0.496 e. The van der Waals surface area contributed by atoms with Crippen molar-refractivity contribution < 1.29 is 9.53 Å². The van der Waals surface area contributed by atoms with Gasteiger partial charge in [-0.15, -0.1) is 0 Å². The van der Waals surface area contributed by atoms with Crippen LogP contribution in [0.2, 0.25) is 0 Å². The lowest BCUT2D eigenvalue weighted by atomic mass is 10.1. The van der Waals surface area contributed by atoms with Gasteiger partial charge < -0.3 is 10.1 Å². The van der Waals surface area contributed by atoms with E-state index in [2.05, 4.69) is 20.5 Å². The van der Waals surface area contributed by atoms with E-state index in [0.717, 1.165) is 22.4 Å². The minimum atomic E-state index is -0.141. The number of hydrogen-bond acceptors (Lipinski definition) is 4. The molecule has 0 bridgehead atoms. The van der Waals surface area contributed by atoms with Gasteiger partial charge in [0.2, 0.25) is 0 Å². The number of amides is 1. The maximum atomic E-state index is 12.2. The first-order chi connectivity index (χ1) is 10.7. The Morgan fingerprint density at radius 1 is 1.36 bits per heavy atom. The largest absolute Gasteiger partial charge is 0.496 e. The number of benzene rings is 1. The van der Waals surface area contributed by atoms with E-state index in [-0.39, 0.29) is 5.91 Å². The molecule has 0 saturated carbocycles. The van der Waals surface area contributed by atoms with Crippen LogP contribution >= 0.6 is 0 Å². The smallest absolute Gasteiger partial charge is 0.251 e. The highest BCUT2D eigenvalue weighted by Crippen LogP contribution is 2.18. The zero-order chi connectivity index (χ0) is 15.5. The van der Waals surface area contributed by atoms with Crippen LogP contribution in [0.1, 0.15) is 21.6 Å². The van der Waals surface area contributed by atoms with Gasteiger partial charge in [-0.3, -0.25) is 9.89 Å². The van der Waals surface area contributed by atoms with Gasteiger partial charge in [0.15, 0.2) is 5.65 Å². The number of carbonyl (C=O) groups excluding carboxylic acids is 1.